The largest absolute Gasteiger partial charge is 0.495 e. The lowest BCUT2D eigenvalue weighted by Crippen LogP contribution is -1.99. The topological polar surface area (TPSA) is 73.1 Å². The molecule has 0 aliphatic heterocycles. The Morgan fingerprint density at radius 1 is 0.897 bits per heavy atom. The summed E-state index contributed by atoms with van der Waals surface area (Å²) in [6, 6.07) is 21.5. The SMILES string of the molecule is COc1ccc(-c2ccnc(Nc3cccc(-c4cccc(F)c4)c3)n2)cc1N. The minimum atomic E-state index is -0.268. The highest BCUT2D eigenvalue weighted by molar-refractivity contribution is 5.71. The number of ether oxygens (including phenoxy) is 1. The number of hydrogen-bond donors (Lipinski definition) is 2. The van der Waals surface area contributed by atoms with Crippen molar-refractivity contribution >= 4 is 17.3 Å². The molecule has 29 heavy (non-hydrogen) atoms. The molecule has 0 aliphatic rings. The molecule has 0 unspecified atom stereocenters. The molecule has 1 aromatic heterocycles. The molecule has 0 radical (unpaired) electrons. The number of nitrogens with one attached hydrogen (secondary N) is 1. The van der Waals surface area contributed by atoms with Crippen LogP contribution in [0.25, 0.3) is 22.4 Å². The molecule has 0 saturated heterocycles. The maximum atomic E-state index is 13.5. The quantitative estimate of drug-likeness (QED) is 0.456. The van der Waals surface area contributed by atoms with Gasteiger partial charge in [0.15, 0.2) is 0 Å². The number of hydrogen-bond acceptors (Lipinski definition) is 5. The number of aromatic nitrogens is 2. The Morgan fingerprint density at radius 3 is 2.45 bits per heavy atom. The maximum absolute atomic E-state index is 13.5. The van der Waals surface area contributed by atoms with Crippen LogP contribution in [0.15, 0.2) is 79.0 Å². The second kappa shape index (κ2) is 7.98. The number of methoxy groups -OCH3 is 1. The van der Waals surface area contributed by atoms with Crippen LogP contribution in [-0.4, -0.2) is 17.1 Å². The molecule has 5 nitrogen and oxygen atoms in total. The van der Waals surface area contributed by atoms with E-state index in [9.17, 15) is 4.39 Å². The molecule has 1 heterocycles. The number of nitrogens with two attached hydrogens (primary N) is 1. The van der Waals surface area contributed by atoms with Crippen LogP contribution in [-0.2, 0) is 0 Å². The molecule has 3 aromatic carbocycles. The monoisotopic (exact) mass is 386 g/mol. The third kappa shape index (κ3) is 4.16. The van der Waals surface area contributed by atoms with Crippen molar-refractivity contribution in [2.24, 2.45) is 0 Å². The fourth-order valence-corrected chi connectivity index (χ4v) is 3.05. The Bertz CT molecular complexity index is 1160. The van der Waals surface area contributed by atoms with Crippen LogP contribution in [0, 0.1) is 5.82 Å². The van der Waals surface area contributed by atoms with Crippen LogP contribution in [0.1, 0.15) is 0 Å². The van der Waals surface area contributed by atoms with Gasteiger partial charge in [-0.2, -0.15) is 0 Å². The lowest BCUT2D eigenvalue weighted by atomic mass is 10.1. The number of nitrogens with zero attached hydrogens (tertiary/aromatic N) is 2. The maximum Gasteiger partial charge on any atom is 0.227 e. The summed E-state index contributed by atoms with van der Waals surface area (Å²) in [4.78, 5) is 8.87. The Kier molecular flexibility index (Phi) is 5.07. The third-order valence-electron chi connectivity index (χ3n) is 4.46. The van der Waals surface area contributed by atoms with Crippen molar-refractivity contribution in [3.8, 4) is 28.1 Å². The molecule has 0 saturated carbocycles. The number of rotatable bonds is 5. The molecule has 0 bridgehead atoms. The molecular formula is C23H19FN4O. The Hall–Kier alpha value is -3.93. The molecule has 0 atom stereocenters. The van der Waals surface area contributed by atoms with E-state index in [0.29, 0.717) is 17.4 Å². The first kappa shape index (κ1) is 18.4. The number of halogens is 1. The first-order valence-electron chi connectivity index (χ1n) is 9.02. The highest BCUT2D eigenvalue weighted by atomic mass is 19.1. The predicted octanol–water partition coefficient (Wildman–Crippen LogP) is 5.28. The van der Waals surface area contributed by atoms with E-state index in [1.807, 2.05) is 54.6 Å². The van der Waals surface area contributed by atoms with Crippen molar-refractivity contribution in [1.82, 2.24) is 9.97 Å². The van der Waals surface area contributed by atoms with Gasteiger partial charge in [-0.25, -0.2) is 14.4 Å². The molecule has 4 rings (SSSR count). The van der Waals surface area contributed by atoms with Gasteiger partial charge < -0.3 is 15.8 Å². The van der Waals surface area contributed by atoms with Crippen molar-refractivity contribution in [3.05, 3.63) is 84.8 Å². The van der Waals surface area contributed by atoms with Gasteiger partial charge in [-0.3, -0.25) is 0 Å². The average Bonchev–Trinajstić information content (AvgIpc) is 2.74. The summed E-state index contributed by atoms with van der Waals surface area (Å²) in [6.45, 7) is 0. The third-order valence-corrected chi connectivity index (χ3v) is 4.46. The second-order valence-corrected chi connectivity index (χ2v) is 6.44. The fourth-order valence-electron chi connectivity index (χ4n) is 3.05. The molecule has 144 valence electrons. The summed E-state index contributed by atoms with van der Waals surface area (Å²) < 4.78 is 18.7. The van der Waals surface area contributed by atoms with Crippen LogP contribution in [0.4, 0.5) is 21.7 Å². The second-order valence-electron chi connectivity index (χ2n) is 6.44. The molecule has 0 aliphatic carbocycles. The minimum Gasteiger partial charge on any atom is -0.495 e. The molecule has 0 amide bonds. The van der Waals surface area contributed by atoms with Crippen molar-refractivity contribution in [3.63, 3.8) is 0 Å². The number of nitrogen functional groups attached to an aromatic ring is 1. The van der Waals surface area contributed by atoms with Crippen molar-refractivity contribution in [2.45, 2.75) is 0 Å². The van der Waals surface area contributed by atoms with E-state index >= 15 is 0 Å². The van der Waals surface area contributed by atoms with Crippen LogP contribution >= 0.6 is 0 Å². The van der Waals surface area contributed by atoms with Gasteiger partial charge in [0.1, 0.15) is 11.6 Å². The van der Waals surface area contributed by atoms with Gasteiger partial charge in [-0.1, -0.05) is 24.3 Å². The highest BCUT2D eigenvalue weighted by Gasteiger charge is 2.07. The summed E-state index contributed by atoms with van der Waals surface area (Å²) in [7, 11) is 1.58. The lowest BCUT2D eigenvalue weighted by molar-refractivity contribution is 0.417. The first-order valence-corrected chi connectivity index (χ1v) is 9.02. The number of anilines is 3. The molecule has 6 heteroatoms. The zero-order chi connectivity index (χ0) is 20.2. The van der Waals surface area contributed by atoms with Crippen molar-refractivity contribution < 1.29 is 9.13 Å². The predicted molar refractivity (Wildman–Crippen MR) is 114 cm³/mol. The van der Waals surface area contributed by atoms with Gasteiger partial charge in [0.2, 0.25) is 5.95 Å². The van der Waals surface area contributed by atoms with Gasteiger partial charge in [-0.15, -0.1) is 0 Å². The van der Waals surface area contributed by atoms with Crippen LogP contribution in [0.2, 0.25) is 0 Å². The zero-order valence-electron chi connectivity index (χ0n) is 15.8. The lowest BCUT2D eigenvalue weighted by Gasteiger charge is -2.10. The molecular weight excluding hydrogens is 367 g/mol. The smallest absolute Gasteiger partial charge is 0.227 e. The Balaban J connectivity index is 1.60. The summed E-state index contributed by atoms with van der Waals surface area (Å²) >= 11 is 0. The summed E-state index contributed by atoms with van der Waals surface area (Å²) in [6.07, 6.45) is 1.68. The van der Waals surface area contributed by atoms with Crippen LogP contribution in [0.5, 0.6) is 5.75 Å². The van der Waals surface area contributed by atoms with Crippen molar-refractivity contribution in [2.75, 3.05) is 18.2 Å². The van der Waals surface area contributed by atoms with Gasteiger partial charge in [0.25, 0.3) is 0 Å². The van der Waals surface area contributed by atoms with Crippen LogP contribution < -0.4 is 15.8 Å². The van der Waals surface area contributed by atoms with E-state index in [1.54, 1.807) is 19.4 Å². The van der Waals surface area contributed by atoms with Gasteiger partial charge in [0, 0.05) is 17.4 Å². The summed E-state index contributed by atoms with van der Waals surface area (Å²) in [5, 5.41) is 3.20. The summed E-state index contributed by atoms with van der Waals surface area (Å²) in [5.41, 5.74) is 10.6. The minimum absolute atomic E-state index is 0.268. The van der Waals surface area contributed by atoms with Crippen molar-refractivity contribution in [1.29, 1.82) is 0 Å². The molecule has 4 aromatic rings. The highest BCUT2D eigenvalue weighted by Crippen LogP contribution is 2.28. The summed E-state index contributed by atoms with van der Waals surface area (Å²) in [5.74, 6) is 0.805. The standard InChI is InChI=1S/C23H19FN4O/c1-29-22-9-8-17(14-20(22)25)21-10-11-26-23(28-21)27-19-7-3-5-16(13-19)15-4-2-6-18(24)12-15/h2-14H,25H2,1H3,(H,26,27,28). The Morgan fingerprint density at radius 2 is 1.69 bits per heavy atom. The van der Waals surface area contributed by atoms with E-state index in [4.69, 9.17) is 10.5 Å². The zero-order valence-corrected chi connectivity index (χ0v) is 15.8. The van der Waals surface area contributed by atoms with Crippen LogP contribution in [0.3, 0.4) is 0 Å². The van der Waals surface area contributed by atoms with E-state index in [0.717, 1.165) is 28.1 Å². The molecule has 0 spiro atoms. The van der Waals surface area contributed by atoms with Gasteiger partial charge in [0.05, 0.1) is 18.5 Å². The van der Waals surface area contributed by atoms with E-state index in [1.165, 1.54) is 12.1 Å². The number of benzene rings is 3. The van der Waals surface area contributed by atoms with Gasteiger partial charge in [-0.05, 0) is 59.7 Å². The van der Waals surface area contributed by atoms with Gasteiger partial charge >= 0.3 is 0 Å². The average molecular weight is 386 g/mol. The first-order chi connectivity index (χ1) is 14.1. The van der Waals surface area contributed by atoms with E-state index in [2.05, 4.69) is 15.3 Å². The Labute approximate surface area is 168 Å². The fraction of sp³-hybridized carbons (Fsp3) is 0.0435. The molecule has 0 fully saturated rings. The van der Waals surface area contributed by atoms with E-state index < -0.39 is 0 Å². The van der Waals surface area contributed by atoms with E-state index in [-0.39, 0.29) is 5.82 Å². The normalized spacial score (nSPS) is 10.6. The molecule has 3 N–H and O–H groups in total.